The summed E-state index contributed by atoms with van der Waals surface area (Å²) in [6.45, 7) is 3.52. The minimum absolute atomic E-state index is 0.728. The molecular weight excluding hydrogens is 138 g/mol. The lowest BCUT2D eigenvalue weighted by molar-refractivity contribution is 0.134. The number of hydrogen-bond acceptors (Lipinski definition) is 2. The third-order valence-electron chi connectivity index (χ3n) is 2.24. The molecule has 0 fully saturated rings. The van der Waals surface area contributed by atoms with Crippen LogP contribution in [0.3, 0.4) is 0 Å². The fraction of sp³-hybridized carbons (Fsp3) is 0.333. The van der Waals surface area contributed by atoms with E-state index in [1.807, 2.05) is 19.1 Å². The monoisotopic (exact) mass is 149 g/mol. The van der Waals surface area contributed by atoms with Crippen molar-refractivity contribution in [1.29, 1.82) is 0 Å². The first-order valence-electron chi connectivity index (χ1n) is 3.73. The molecule has 1 aromatic rings. The van der Waals surface area contributed by atoms with Gasteiger partial charge in [-0.15, -0.1) is 0 Å². The lowest BCUT2D eigenvalue weighted by Gasteiger charge is -2.04. The van der Waals surface area contributed by atoms with Gasteiger partial charge in [-0.3, -0.25) is 0 Å². The summed E-state index contributed by atoms with van der Waals surface area (Å²) in [5.74, 6) is 0. The maximum atomic E-state index is 5.74. The number of benzene rings is 1. The summed E-state index contributed by atoms with van der Waals surface area (Å²) in [4.78, 5) is 0. The lowest BCUT2D eigenvalue weighted by Crippen LogP contribution is -1.94. The Morgan fingerprint density at radius 2 is 2.18 bits per heavy atom. The molecule has 0 saturated carbocycles. The van der Waals surface area contributed by atoms with Crippen LogP contribution in [0.25, 0.3) is 0 Å². The number of fused-ring (bicyclic) bond motifs is 1. The standard InChI is InChI=1S/C9H11NO/c1-6-8-5-11-4-7(8)2-3-9(6)10/h2-3H,4-5,10H2,1H3. The number of hydrogen-bond donors (Lipinski definition) is 1. The second-order valence-corrected chi connectivity index (χ2v) is 2.91. The van der Waals surface area contributed by atoms with E-state index in [4.69, 9.17) is 10.5 Å². The largest absolute Gasteiger partial charge is 0.399 e. The first-order valence-corrected chi connectivity index (χ1v) is 3.73. The van der Waals surface area contributed by atoms with Crippen LogP contribution in [-0.2, 0) is 18.0 Å². The maximum absolute atomic E-state index is 5.74. The van der Waals surface area contributed by atoms with Crippen molar-refractivity contribution >= 4 is 5.69 Å². The molecule has 0 aliphatic carbocycles. The van der Waals surface area contributed by atoms with Crippen LogP contribution in [0.5, 0.6) is 0 Å². The Balaban J connectivity index is 2.62. The van der Waals surface area contributed by atoms with Gasteiger partial charge in [-0.05, 0) is 29.7 Å². The smallest absolute Gasteiger partial charge is 0.0728 e. The van der Waals surface area contributed by atoms with Gasteiger partial charge < -0.3 is 10.5 Å². The normalized spacial score (nSPS) is 15.0. The van der Waals surface area contributed by atoms with Gasteiger partial charge in [-0.2, -0.15) is 0 Å². The van der Waals surface area contributed by atoms with Crippen LogP contribution >= 0.6 is 0 Å². The molecule has 2 heteroatoms. The lowest BCUT2D eigenvalue weighted by atomic mass is 10.0. The summed E-state index contributed by atoms with van der Waals surface area (Å²) >= 11 is 0. The van der Waals surface area contributed by atoms with Crippen molar-refractivity contribution in [1.82, 2.24) is 0 Å². The van der Waals surface area contributed by atoms with E-state index in [-0.39, 0.29) is 0 Å². The van der Waals surface area contributed by atoms with Gasteiger partial charge in [0.25, 0.3) is 0 Å². The van der Waals surface area contributed by atoms with Crippen molar-refractivity contribution in [2.45, 2.75) is 20.1 Å². The maximum Gasteiger partial charge on any atom is 0.0728 e. The fourth-order valence-electron chi connectivity index (χ4n) is 1.43. The Labute approximate surface area is 66.0 Å². The van der Waals surface area contributed by atoms with Gasteiger partial charge in [0.2, 0.25) is 0 Å². The molecule has 2 rings (SSSR count). The van der Waals surface area contributed by atoms with E-state index in [9.17, 15) is 0 Å². The van der Waals surface area contributed by atoms with E-state index >= 15 is 0 Å². The predicted molar refractivity (Wildman–Crippen MR) is 44.1 cm³/mol. The summed E-state index contributed by atoms with van der Waals surface area (Å²) in [6, 6.07) is 3.99. The van der Waals surface area contributed by atoms with Gasteiger partial charge in [0.1, 0.15) is 0 Å². The number of nitrogen functional groups attached to an aromatic ring is 1. The number of nitrogens with two attached hydrogens (primary N) is 1. The Bertz CT molecular complexity index is 294. The minimum Gasteiger partial charge on any atom is -0.399 e. The third-order valence-corrected chi connectivity index (χ3v) is 2.24. The first-order chi connectivity index (χ1) is 5.29. The Morgan fingerprint density at radius 1 is 1.36 bits per heavy atom. The van der Waals surface area contributed by atoms with Crippen LogP contribution < -0.4 is 5.73 Å². The Hall–Kier alpha value is -1.02. The number of rotatable bonds is 0. The average molecular weight is 149 g/mol. The molecule has 0 unspecified atom stereocenters. The molecule has 0 atom stereocenters. The zero-order chi connectivity index (χ0) is 7.84. The highest BCUT2D eigenvalue weighted by atomic mass is 16.5. The summed E-state index contributed by atoms with van der Waals surface area (Å²) in [5, 5.41) is 0. The van der Waals surface area contributed by atoms with E-state index in [2.05, 4.69) is 0 Å². The van der Waals surface area contributed by atoms with Crippen molar-refractivity contribution in [3.63, 3.8) is 0 Å². The van der Waals surface area contributed by atoms with Crippen molar-refractivity contribution in [3.8, 4) is 0 Å². The Kier molecular flexibility index (Phi) is 1.36. The predicted octanol–water partition coefficient (Wildman–Crippen LogP) is 1.61. The average Bonchev–Trinajstić information content (AvgIpc) is 2.45. The zero-order valence-corrected chi connectivity index (χ0v) is 6.55. The van der Waals surface area contributed by atoms with Crippen molar-refractivity contribution < 1.29 is 4.74 Å². The molecule has 0 aromatic heterocycles. The van der Waals surface area contributed by atoms with Crippen molar-refractivity contribution in [2.24, 2.45) is 0 Å². The van der Waals surface area contributed by atoms with Gasteiger partial charge in [0, 0.05) is 5.69 Å². The number of anilines is 1. The van der Waals surface area contributed by atoms with E-state index in [1.54, 1.807) is 0 Å². The minimum atomic E-state index is 0.728. The summed E-state index contributed by atoms with van der Waals surface area (Å²) in [7, 11) is 0. The SMILES string of the molecule is Cc1c(N)ccc2c1COC2. The highest BCUT2D eigenvalue weighted by Crippen LogP contribution is 2.26. The van der Waals surface area contributed by atoms with Crippen LogP contribution in [0.2, 0.25) is 0 Å². The van der Waals surface area contributed by atoms with Crippen LogP contribution in [0.15, 0.2) is 12.1 Å². The van der Waals surface area contributed by atoms with Crippen LogP contribution in [0.4, 0.5) is 5.69 Å². The molecule has 0 bridgehead atoms. The zero-order valence-electron chi connectivity index (χ0n) is 6.55. The van der Waals surface area contributed by atoms with Gasteiger partial charge in [0.05, 0.1) is 13.2 Å². The second-order valence-electron chi connectivity index (χ2n) is 2.91. The van der Waals surface area contributed by atoms with E-state index in [0.29, 0.717) is 0 Å². The van der Waals surface area contributed by atoms with Crippen molar-refractivity contribution in [3.05, 3.63) is 28.8 Å². The topological polar surface area (TPSA) is 35.2 Å². The van der Waals surface area contributed by atoms with Crippen LogP contribution in [0, 0.1) is 6.92 Å². The second kappa shape index (κ2) is 2.24. The quantitative estimate of drug-likeness (QED) is 0.569. The summed E-state index contributed by atoms with van der Waals surface area (Å²) < 4.78 is 5.30. The highest BCUT2D eigenvalue weighted by molar-refractivity contribution is 5.53. The van der Waals surface area contributed by atoms with Gasteiger partial charge in [0.15, 0.2) is 0 Å². The summed E-state index contributed by atoms with van der Waals surface area (Å²) in [5.41, 5.74) is 10.4. The molecule has 1 aliphatic rings. The molecule has 11 heavy (non-hydrogen) atoms. The molecule has 1 aliphatic heterocycles. The van der Waals surface area contributed by atoms with Gasteiger partial charge >= 0.3 is 0 Å². The van der Waals surface area contributed by atoms with E-state index in [0.717, 1.165) is 18.9 Å². The molecule has 0 spiro atoms. The molecule has 0 saturated heterocycles. The van der Waals surface area contributed by atoms with E-state index in [1.165, 1.54) is 16.7 Å². The van der Waals surface area contributed by atoms with E-state index < -0.39 is 0 Å². The van der Waals surface area contributed by atoms with Crippen LogP contribution in [-0.4, -0.2) is 0 Å². The highest BCUT2D eigenvalue weighted by Gasteiger charge is 2.13. The van der Waals surface area contributed by atoms with Crippen molar-refractivity contribution in [2.75, 3.05) is 5.73 Å². The molecule has 58 valence electrons. The molecule has 2 N–H and O–H groups in total. The van der Waals surface area contributed by atoms with Gasteiger partial charge in [-0.1, -0.05) is 6.07 Å². The summed E-state index contributed by atoms with van der Waals surface area (Å²) in [6.07, 6.45) is 0. The fourth-order valence-corrected chi connectivity index (χ4v) is 1.43. The molecule has 0 radical (unpaired) electrons. The van der Waals surface area contributed by atoms with Crippen LogP contribution in [0.1, 0.15) is 16.7 Å². The third kappa shape index (κ3) is 0.906. The molecule has 0 amide bonds. The number of ether oxygens (including phenoxy) is 1. The Morgan fingerprint density at radius 3 is 3.00 bits per heavy atom. The molecule has 2 nitrogen and oxygen atoms in total. The molecular formula is C9H11NO. The van der Waals surface area contributed by atoms with Gasteiger partial charge in [-0.25, -0.2) is 0 Å². The molecule has 1 heterocycles. The molecule has 1 aromatic carbocycles. The first kappa shape index (κ1) is 6.68.